The van der Waals surface area contributed by atoms with Crippen LogP contribution >= 0.6 is 15.9 Å². The van der Waals surface area contributed by atoms with Crippen molar-refractivity contribution in [2.45, 2.75) is 26.4 Å². The van der Waals surface area contributed by atoms with Crippen LogP contribution in [-0.2, 0) is 6.54 Å². The first-order valence-corrected chi connectivity index (χ1v) is 6.98. The molecule has 0 aliphatic carbocycles. The average Bonchev–Trinajstić information content (AvgIpc) is 2.81. The summed E-state index contributed by atoms with van der Waals surface area (Å²) in [6.07, 6.45) is 6.12. The molecule has 0 aromatic carbocycles. The van der Waals surface area contributed by atoms with Crippen molar-refractivity contribution >= 4 is 15.9 Å². The van der Waals surface area contributed by atoms with E-state index in [1.165, 1.54) is 5.56 Å². The molecular weight excluding hydrogens is 290 g/mol. The van der Waals surface area contributed by atoms with Crippen molar-refractivity contribution in [1.29, 1.82) is 0 Å². The lowest BCUT2D eigenvalue weighted by molar-refractivity contribution is 0.596. The maximum absolute atomic E-state index is 4.38. The second-order valence-electron chi connectivity index (χ2n) is 4.36. The third-order valence-corrected chi connectivity index (χ3v) is 3.39. The fourth-order valence-corrected chi connectivity index (χ4v) is 2.16. The zero-order valence-electron chi connectivity index (χ0n) is 10.7. The van der Waals surface area contributed by atoms with Gasteiger partial charge in [-0.3, -0.25) is 4.98 Å². The summed E-state index contributed by atoms with van der Waals surface area (Å²) in [5, 5.41) is 3.41. The fourth-order valence-electron chi connectivity index (χ4n) is 1.92. The second kappa shape index (κ2) is 6.16. The van der Waals surface area contributed by atoms with Gasteiger partial charge in [0, 0.05) is 29.1 Å². The van der Waals surface area contributed by atoms with E-state index in [0.717, 1.165) is 23.3 Å². The van der Waals surface area contributed by atoms with Gasteiger partial charge in [0.05, 0.1) is 12.2 Å². The largest absolute Gasteiger partial charge is 0.348 e. The van der Waals surface area contributed by atoms with Crippen LogP contribution in [-0.4, -0.2) is 16.1 Å². The first-order chi connectivity index (χ1) is 8.69. The summed E-state index contributed by atoms with van der Waals surface area (Å²) in [6, 6.07) is 6.62. The zero-order valence-corrected chi connectivity index (χ0v) is 12.3. The van der Waals surface area contributed by atoms with Gasteiger partial charge in [-0.15, -0.1) is 0 Å². The van der Waals surface area contributed by atoms with Gasteiger partial charge < -0.3 is 9.88 Å². The number of halogens is 1. The molecule has 0 aliphatic heterocycles. The molecule has 0 saturated carbocycles. The van der Waals surface area contributed by atoms with Gasteiger partial charge in [-0.05, 0) is 53.2 Å². The van der Waals surface area contributed by atoms with E-state index in [1.54, 1.807) is 0 Å². The molecule has 2 heterocycles. The first kappa shape index (κ1) is 13.3. The van der Waals surface area contributed by atoms with Gasteiger partial charge in [0.1, 0.15) is 0 Å². The first-order valence-electron chi connectivity index (χ1n) is 6.18. The van der Waals surface area contributed by atoms with Gasteiger partial charge in [-0.25, -0.2) is 0 Å². The summed E-state index contributed by atoms with van der Waals surface area (Å²) in [4.78, 5) is 4.38. The molecule has 0 radical (unpaired) electrons. The second-order valence-corrected chi connectivity index (χ2v) is 5.28. The predicted octanol–water partition coefficient (Wildman–Crippen LogP) is 3.36. The van der Waals surface area contributed by atoms with Gasteiger partial charge in [-0.1, -0.05) is 6.92 Å². The number of rotatable bonds is 5. The highest BCUT2D eigenvalue weighted by atomic mass is 79.9. The van der Waals surface area contributed by atoms with Crippen LogP contribution in [0.15, 0.2) is 41.3 Å². The molecule has 18 heavy (non-hydrogen) atoms. The van der Waals surface area contributed by atoms with E-state index in [1.807, 2.05) is 18.3 Å². The van der Waals surface area contributed by atoms with E-state index in [2.05, 4.69) is 63.1 Å². The third-order valence-electron chi connectivity index (χ3n) is 2.92. The molecule has 1 unspecified atom stereocenters. The Bertz CT molecular complexity index is 490. The molecule has 0 amide bonds. The third kappa shape index (κ3) is 3.43. The van der Waals surface area contributed by atoms with E-state index < -0.39 is 0 Å². The monoisotopic (exact) mass is 307 g/mol. The summed E-state index contributed by atoms with van der Waals surface area (Å²) < 4.78 is 3.18. The number of nitrogens with zero attached hydrogens (tertiary/aromatic N) is 2. The highest BCUT2D eigenvalue weighted by Gasteiger charge is 2.05. The zero-order chi connectivity index (χ0) is 13.0. The van der Waals surface area contributed by atoms with Crippen molar-refractivity contribution in [3.8, 4) is 0 Å². The van der Waals surface area contributed by atoms with Crippen LogP contribution in [0, 0.1) is 0 Å². The molecule has 0 spiro atoms. The van der Waals surface area contributed by atoms with Crippen LogP contribution in [0.2, 0.25) is 0 Å². The molecule has 0 aliphatic rings. The number of hydrogen-bond acceptors (Lipinski definition) is 2. The molecule has 96 valence electrons. The van der Waals surface area contributed by atoms with Crippen molar-refractivity contribution in [1.82, 2.24) is 14.9 Å². The van der Waals surface area contributed by atoms with Crippen molar-refractivity contribution < 1.29 is 0 Å². The van der Waals surface area contributed by atoms with Gasteiger partial charge in [0.15, 0.2) is 0 Å². The molecular formula is C14H18BrN3. The van der Waals surface area contributed by atoms with Gasteiger partial charge in [0.25, 0.3) is 0 Å². The van der Waals surface area contributed by atoms with Crippen molar-refractivity contribution in [3.05, 3.63) is 52.5 Å². The molecule has 3 nitrogen and oxygen atoms in total. The smallest absolute Gasteiger partial charge is 0.0642 e. The van der Waals surface area contributed by atoms with Crippen molar-refractivity contribution in [2.75, 3.05) is 6.54 Å². The average molecular weight is 308 g/mol. The Balaban J connectivity index is 2.04. The molecule has 2 rings (SSSR count). The molecule has 0 saturated heterocycles. The Labute approximate surface area is 116 Å². The quantitative estimate of drug-likeness (QED) is 0.918. The summed E-state index contributed by atoms with van der Waals surface area (Å²) >= 11 is 3.39. The predicted molar refractivity (Wildman–Crippen MR) is 77.6 cm³/mol. The van der Waals surface area contributed by atoms with Crippen LogP contribution in [0.5, 0.6) is 0 Å². The van der Waals surface area contributed by atoms with E-state index in [-0.39, 0.29) is 0 Å². The number of hydrogen-bond donors (Lipinski definition) is 1. The fraction of sp³-hybridized carbons (Fsp3) is 0.357. The standard InChI is InChI=1S/C14H18BrN3/c1-3-16-11(2)12-6-7-18(9-12)10-14-5-4-13(15)8-17-14/h4-9,11,16H,3,10H2,1-2H3. The number of aromatic nitrogens is 2. The SMILES string of the molecule is CCNC(C)c1ccn(Cc2ccc(Br)cn2)c1. The Kier molecular flexibility index (Phi) is 4.55. The van der Waals surface area contributed by atoms with Gasteiger partial charge in [-0.2, -0.15) is 0 Å². The van der Waals surface area contributed by atoms with E-state index >= 15 is 0 Å². The normalized spacial score (nSPS) is 12.6. The van der Waals surface area contributed by atoms with Crippen LogP contribution in [0.3, 0.4) is 0 Å². The molecule has 4 heteroatoms. The minimum atomic E-state index is 0.397. The topological polar surface area (TPSA) is 29.9 Å². The minimum Gasteiger partial charge on any atom is -0.348 e. The Hall–Kier alpha value is -1.13. The van der Waals surface area contributed by atoms with Crippen LogP contribution in [0.25, 0.3) is 0 Å². The number of pyridine rings is 1. The summed E-state index contributed by atoms with van der Waals surface area (Å²) in [5.74, 6) is 0. The summed E-state index contributed by atoms with van der Waals surface area (Å²) in [5.41, 5.74) is 2.38. The Morgan fingerprint density at radius 2 is 2.22 bits per heavy atom. The van der Waals surface area contributed by atoms with E-state index in [4.69, 9.17) is 0 Å². The van der Waals surface area contributed by atoms with Gasteiger partial charge in [0.2, 0.25) is 0 Å². The van der Waals surface area contributed by atoms with Crippen molar-refractivity contribution in [3.63, 3.8) is 0 Å². The lowest BCUT2D eigenvalue weighted by Crippen LogP contribution is -2.17. The molecule has 1 N–H and O–H groups in total. The lowest BCUT2D eigenvalue weighted by Gasteiger charge is -2.09. The van der Waals surface area contributed by atoms with E-state index in [0.29, 0.717) is 6.04 Å². The summed E-state index contributed by atoms with van der Waals surface area (Å²) in [6.45, 7) is 6.10. The van der Waals surface area contributed by atoms with Crippen LogP contribution < -0.4 is 5.32 Å². The lowest BCUT2D eigenvalue weighted by atomic mass is 10.2. The molecule has 0 bridgehead atoms. The maximum atomic E-state index is 4.38. The van der Waals surface area contributed by atoms with Crippen LogP contribution in [0.1, 0.15) is 31.1 Å². The molecule has 2 aromatic heterocycles. The molecule has 2 aromatic rings. The van der Waals surface area contributed by atoms with Crippen molar-refractivity contribution in [2.24, 2.45) is 0 Å². The highest BCUT2D eigenvalue weighted by molar-refractivity contribution is 9.10. The minimum absolute atomic E-state index is 0.397. The molecule has 0 fully saturated rings. The Morgan fingerprint density at radius 1 is 1.39 bits per heavy atom. The van der Waals surface area contributed by atoms with E-state index in [9.17, 15) is 0 Å². The summed E-state index contributed by atoms with van der Waals surface area (Å²) in [7, 11) is 0. The highest BCUT2D eigenvalue weighted by Crippen LogP contribution is 2.14. The van der Waals surface area contributed by atoms with Gasteiger partial charge >= 0.3 is 0 Å². The molecule has 1 atom stereocenters. The maximum Gasteiger partial charge on any atom is 0.0642 e. The Morgan fingerprint density at radius 3 is 2.89 bits per heavy atom. The van der Waals surface area contributed by atoms with Crippen LogP contribution in [0.4, 0.5) is 0 Å². The number of nitrogens with one attached hydrogen (secondary N) is 1.